The van der Waals surface area contributed by atoms with E-state index in [4.69, 9.17) is 5.26 Å². The van der Waals surface area contributed by atoms with Crippen LogP contribution in [0.4, 0.5) is 5.82 Å². The third-order valence-corrected chi connectivity index (χ3v) is 2.32. The van der Waals surface area contributed by atoms with Crippen LogP contribution < -0.4 is 10.6 Å². The highest BCUT2D eigenvalue weighted by molar-refractivity contribution is 5.41. The van der Waals surface area contributed by atoms with E-state index in [0.717, 1.165) is 5.56 Å². The fraction of sp³-hybridized carbons (Fsp3) is 0.182. The van der Waals surface area contributed by atoms with Crippen molar-refractivity contribution in [3.05, 3.63) is 46.3 Å². The van der Waals surface area contributed by atoms with Crippen LogP contribution in [0.25, 0.3) is 0 Å². The van der Waals surface area contributed by atoms with Crippen LogP contribution in [-0.4, -0.2) is 22.0 Å². The van der Waals surface area contributed by atoms with Gasteiger partial charge in [0, 0.05) is 32.1 Å². The molecule has 0 atom stereocenters. The molecule has 0 aliphatic heterocycles. The molecule has 6 heteroatoms. The number of hydrogen-bond acceptors (Lipinski definition) is 4. The monoisotopic (exact) mass is 229 g/mol. The quantitative estimate of drug-likeness (QED) is 0.806. The van der Waals surface area contributed by atoms with E-state index in [1.54, 1.807) is 11.0 Å². The predicted molar refractivity (Wildman–Crippen MR) is 62.5 cm³/mol. The number of anilines is 1. The zero-order chi connectivity index (χ0) is 12.3. The van der Waals surface area contributed by atoms with Crippen molar-refractivity contribution in [3.8, 4) is 6.07 Å². The van der Waals surface area contributed by atoms with E-state index >= 15 is 0 Å². The van der Waals surface area contributed by atoms with Gasteiger partial charge >= 0.3 is 5.69 Å². The molecule has 2 rings (SSSR count). The van der Waals surface area contributed by atoms with Gasteiger partial charge in [0.1, 0.15) is 17.6 Å². The molecule has 0 bridgehead atoms. The molecule has 0 aromatic carbocycles. The fourth-order valence-electron chi connectivity index (χ4n) is 1.51. The summed E-state index contributed by atoms with van der Waals surface area (Å²) in [4.78, 5) is 22.2. The summed E-state index contributed by atoms with van der Waals surface area (Å²) in [7, 11) is 1.82. The second-order valence-electron chi connectivity index (χ2n) is 3.65. The topological polar surface area (TPSA) is 88.6 Å². The molecule has 0 saturated carbocycles. The first-order valence-corrected chi connectivity index (χ1v) is 5.03. The van der Waals surface area contributed by atoms with Crippen molar-refractivity contribution in [1.82, 2.24) is 15.0 Å². The number of hydrogen-bond donors (Lipinski definition) is 2. The average molecular weight is 229 g/mol. The highest BCUT2D eigenvalue weighted by Crippen LogP contribution is 2.10. The second kappa shape index (κ2) is 4.53. The summed E-state index contributed by atoms with van der Waals surface area (Å²) in [5.41, 5.74) is 0.772. The highest BCUT2D eigenvalue weighted by Gasteiger charge is 2.06. The molecular weight excluding hydrogens is 218 g/mol. The van der Waals surface area contributed by atoms with E-state index in [1.165, 1.54) is 0 Å². The van der Waals surface area contributed by atoms with E-state index < -0.39 is 5.69 Å². The van der Waals surface area contributed by atoms with Crippen molar-refractivity contribution in [1.29, 1.82) is 5.26 Å². The van der Waals surface area contributed by atoms with Gasteiger partial charge < -0.3 is 9.88 Å². The van der Waals surface area contributed by atoms with Crippen molar-refractivity contribution in [3.63, 3.8) is 0 Å². The molecule has 0 unspecified atom stereocenters. The number of aromatic amines is 2. The first-order valence-electron chi connectivity index (χ1n) is 5.03. The van der Waals surface area contributed by atoms with Crippen molar-refractivity contribution >= 4 is 5.82 Å². The summed E-state index contributed by atoms with van der Waals surface area (Å²) in [5.74, 6) is 0.478. The highest BCUT2D eigenvalue weighted by atomic mass is 16.1. The molecule has 6 nitrogen and oxygen atoms in total. The van der Waals surface area contributed by atoms with E-state index in [-0.39, 0.29) is 5.69 Å². The third kappa shape index (κ3) is 2.52. The summed E-state index contributed by atoms with van der Waals surface area (Å²) in [5, 5.41) is 8.75. The third-order valence-electron chi connectivity index (χ3n) is 2.32. The lowest BCUT2D eigenvalue weighted by molar-refractivity contribution is 0.879. The van der Waals surface area contributed by atoms with Crippen LogP contribution in [-0.2, 0) is 6.54 Å². The lowest BCUT2D eigenvalue weighted by atomic mass is 10.3. The Morgan fingerprint density at radius 1 is 1.59 bits per heavy atom. The van der Waals surface area contributed by atoms with Gasteiger partial charge in [-0.05, 0) is 11.6 Å². The zero-order valence-corrected chi connectivity index (χ0v) is 9.27. The summed E-state index contributed by atoms with van der Waals surface area (Å²) >= 11 is 0. The standard InChI is InChI=1S/C11H11N5O/c1-16(7-8-2-3-13-6-8)10-4-9(5-12)14-11(17)15-10/h2-4,6,13H,7H2,1H3,(H,14,15,17). The maximum Gasteiger partial charge on any atom is 0.347 e. The molecule has 86 valence electrons. The first kappa shape index (κ1) is 11.0. The number of rotatable bonds is 3. The Morgan fingerprint density at radius 2 is 2.41 bits per heavy atom. The van der Waals surface area contributed by atoms with Crippen LogP contribution in [0, 0.1) is 11.3 Å². The van der Waals surface area contributed by atoms with Crippen LogP contribution in [0.5, 0.6) is 0 Å². The molecule has 0 aliphatic carbocycles. The van der Waals surface area contributed by atoms with Crippen LogP contribution in [0.1, 0.15) is 11.3 Å². The molecule has 0 aliphatic rings. The van der Waals surface area contributed by atoms with Crippen molar-refractivity contribution < 1.29 is 0 Å². The molecule has 0 spiro atoms. The first-order chi connectivity index (χ1) is 8.19. The molecule has 2 aromatic rings. The smallest absolute Gasteiger partial charge is 0.347 e. The van der Waals surface area contributed by atoms with Crippen molar-refractivity contribution in [2.24, 2.45) is 0 Å². The zero-order valence-electron chi connectivity index (χ0n) is 9.27. The van der Waals surface area contributed by atoms with Gasteiger partial charge in [-0.25, -0.2) is 4.79 Å². The van der Waals surface area contributed by atoms with Crippen LogP contribution >= 0.6 is 0 Å². The summed E-state index contributed by atoms with van der Waals surface area (Å²) in [6, 6.07) is 5.38. The van der Waals surface area contributed by atoms with E-state index in [0.29, 0.717) is 12.4 Å². The second-order valence-corrected chi connectivity index (χ2v) is 3.65. The predicted octanol–water partition coefficient (Wildman–Crippen LogP) is 0.606. The van der Waals surface area contributed by atoms with Gasteiger partial charge in [0.05, 0.1) is 0 Å². The van der Waals surface area contributed by atoms with E-state index in [9.17, 15) is 4.79 Å². The number of nitriles is 1. The normalized spacial score (nSPS) is 9.88. The number of nitrogens with one attached hydrogen (secondary N) is 2. The van der Waals surface area contributed by atoms with Crippen molar-refractivity contribution in [2.75, 3.05) is 11.9 Å². The molecular formula is C11H11N5O. The Bertz CT molecular complexity index is 593. The van der Waals surface area contributed by atoms with Gasteiger partial charge in [0.2, 0.25) is 0 Å². The van der Waals surface area contributed by atoms with Gasteiger partial charge in [-0.15, -0.1) is 0 Å². The fourth-order valence-corrected chi connectivity index (χ4v) is 1.51. The maximum absolute atomic E-state index is 11.2. The summed E-state index contributed by atoms with van der Waals surface area (Å²) < 4.78 is 0. The van der Waals surface area contributed by atoms with Gasteiger partial charge in [0.25, 0.3) is 0 Å². The molecule has 2 aromatic heterocycles. The largest absolute Gasteiger partial charge is 0.367 e. The number of H-pyrrole nitrogens is 2. The Labute approximate surface area is 97.5 Å². The SMILES string of the molecule is CN(Cc1cc[nH]c1)c1cc(C#N)[nH]c(=O)n1. The number of nitrogens with zero attached hydrogens (tertiary/aromatic N) is 3. The van der Waals surface area contributed by atoms with Gasteiger partial charge in [-0.3, -0.25) is 4.98 Å². The molecule has 0 amide bonds. The van der Waals surface area contributed by atoms with E-state index in [1.807, 2.05) is 31.6 Å². The van der Waals surface area contributed by atoms with Crippen LogP contribution in [0.15, 0.2) is 29.3 Å². The lowest BCUT2D eigenvalue weighted by Gasteiger charge is -2.16. The minimum absolute atomic E-state index is 0.209. The van der Waals surface area contributed by atoms with Crippen LogP contribution in [0.2, 0.25) is 0 Å². The van der Waals surface area contributed by atoms with Crippen LogP contribution in [0.3, 0.4) is 0 Å². The molecule has 17 heavy (non-hydrogen) atoms. The molecule has 0 saturated heterocycles. The summed E-state index contributed by atoms with van der Waals surface area (Å²) in [6.45, 7) is 0.616. The number of aromatic nitrogens is 3. The molecule has 0 radical (unpaired) electrons. The lowest BCUT2D eigenvalue weighted by Crippen LogP contribution is -2.22. The van der Waals surface area contributed by atoms with Gasteiger partial charge in [0.15, 0.2) is 0 Å². The molecule has 0 fully saturated rings. The van der Waals surface area contributed by atoms with Crippen molar-refractivity contribution in [2.45, 2.75) is 6.54 Å². The maximum atomic E-state index is 11.2. The van der Waals surface area contributed by atoms with Gasteiger partial charge in [-0.2, -0.15) is 10.2 Å². The Kier molecular flexibility index (Phi) is 2.92. The summed E-state index contributed by atoms with van der Waals surface area (Å²) in [6.07, 6.45) is 3.70. The Morgan fingerprint density at radius 3 is 3.06 bits per heavy atom. The molecule has 2 heterocycles. The Hall–Kier alpha value is -2.55. The minimum Gasteiger partial charge on any atom is -0.367 e. The Balaban J connectivity index is 2.25. The van der Waals surface area contributed by atoms with Gasteiger partial charge in [-0.1, -0.05) is 0 Å². The molecule has 2 N–H and O–H groups in total. The van der Waals surface area contributed by atoms with E-state index in [2.05, 4.69) is 15.0 Å². The average Bonchev–Trinajstić information content (AvgIpc) is 2.81. The minimum atomic E-state index is -0.514.